The number of rotatable bonds is 5. The highest BCUT2D eigenvalue weighted by Gasteiger charge is 2.28. The number of alkyl halides is 3. The Balaban J connectivity index is 2.43. The lowest BCUT2D eigenvalue weighted by Gasteiger charge is -2.17. The van der Waals surface area contributed by atoms with Crippen LogP contribution in [0.15, 0.2) is 18.3 Å². The standard InChI is InChI=1S/C12H15F3N4O2/c1-19(6-10(20)18-7-12(13,14)15)11(21)4-9-3-2-8(16)5-17-9/h2-3,5H,4,6-7,16H2,1H3,(H,18,20). The lowest BCUT2D eigenvalue weighted by atomic mass is 10.2. The zero-order valence-corrected chi connectivity index (χ0v) is 11.3. The van der Waals surface area contributed by atoms with E-state index in [0.717, 1.165) is 4.90 Å². The van der Waals surface area contributed by atoms with Crippen molar-refractivity contribution >= 4 is 17.5 Å². The van der Waals surface area contributed by atoms with Crippen LogP contribution >= 0.6 is 0 Å². The van der Waals surface area contributed by atoms with Crippen LogP contribution in [0.5, 0.6) is 0 Å². The van der Waals surface area contributed by atoms with Crippen LogP contribution in [0.1, 0.15) is 5.69 Å². The molecule has 1 heterocycles. The first-order chi connectivity index (χ1) is 9.67. The first-order valence-corrected chi connectivity index (χ1v) is 5.95. The molecular formula is C12H15F3N4O2. The maximum Gasteiger partial charge on any atom is 0.405 e. The number of aromatic nitrogens is 1. The van der Waals surface area contributed by atoms with Crippen molar-refractivity contribution in [3.63, 3.8) is 0 Å². The summed E-state index contributed by atoms with van der Waals surface area (Å²) in [6.07, 6.45) is -3.16. The van der Waals surface area contributed by atoms with Gasteiger partial charge in [0, 0.05) is 12.7 Å². The molecular weight excluding hydrogens is 289 g/mol. The van der Waals surface area contributed by atoms with Crippen molar-refractivity contribution in [2.24, 2.45) is 0 Å². The van der Waals surface area contributed by atoms with E-state index in [0.29, 0.717) is 11.4 Å². The summed E-state index contributed by atoms with van der Waals surface area (Å²) in [5.41, 5.74) is 6.35. The number of nitrogens with one attached hydrogen (secondary N) is 1. The fourth-order valence-electron chi connectivity index (χ4n) is 1.39. The van der Waals surface area contributed by atoms with E-state index in [1.54, 1.807) is 17.4 Å². The van der Waals surface area contributed by atoms with Gasteiger partial charge in [-0.25, -0.2) is 0 Å². The van der Waals surface area contributed by atoms with Crippen molar-refractivity contribution in [3.05, 3.63) is 24.0 Å². The molecule has 1 aromatic heterocycles. The Kier molecular flexibility index (Phi) is 5.51. The van der Waals surface area contributed by atoms with E-state index in [4.69, 9.17) is 5.73 Å². The second-order valence-corrected chi connectivity index (χ2v) is 4.40. The van der Waals surface area contributed by atoms with Crippen LogP contribution in [-0.2, 0) is 16.0 Å². The van der Waals surface area contributed by atoms with Gasteiger partial charge in [-0.05, 0) is 12.1 Å². The summed E-state index contributed by atoms with van der Waals surface area (Å²) in [6, 6.07) is 3.14. The van der Waals surface area contributed by atoms with Crippen LogP contribution in [0.3, 0.4) is 0 Å². The third kappa shape index (κ3) is 6.59. The van der Waals surface area contributed by atoms with Crippen molar-refractivity contribution in [2.45, 2.75) is 12.6 Å². The van der Waals surface area contributed by atoms with E-state index in [9.17, 15) is 22.8 Å². The highest BCUT2D eigenvalue weighted by atomic mass is 19.4. The Morgan fingerprint density at radius 2 is 2.05 bits per heavy atom. The quantitative estimate of drug-likeness (QED) is 0.821. The number of carbonyl (C=O) groups is 2. The summed E-state index contributed by atoms with van der Waals surface area (Å²) < 4.78 is 35.8. The fraction of sp³-hybridized carbons (Fsp3) is 0.417. The predicted molar refractivity (Wildman–Crippen MR) is 69.1 cm³/mol. The Morgan fingerprint density at radius 3 is 2.57 bits per heavy atom. The summed E-state index contributed by atoms with van der Waals surface area (Å²) in [7, 11) is 1.33. The summed E-state index contributed by atoms with van der Waals surface area (Å²) >= 11 is 0. The molecule has 9 heteroatoms. The van der Waals surface area contributed by atoms with Gasteiger partial charge in [-0.3, -0.25) is 14.6 Å². The second kappa shape index (κ2) is 6.91. The van der Waals surface area contributed by atoms with E-state index in [1.807, 2.05) is 0 Å². The molecule has 0 saturated heterocycles. The lowest BCUT2D eigenvalue weighted by molar-refractivity contribution is -0.141. The van der Waals surface area contributed by atoms with Crippen LogP contribution < -0.4 is 11.1 Å². The zero-order valence-electron chi connectivity index (χ0n) is 11.3. The van der Waals surface area contributed by atoms with Crippen molar-refractivity contribution in [1.29, 1.82) is 0 Å². The predicted octanol–water partition coefficient (Wildman–Crippen LogP) is 0.343. The van der Waals surface area contributed by atoms with Gasteiger partial charge < -0.3 is 16.0 Å². The SMILES string of the molecule is CN(CC(=O)NCC(F)(F)F)C(=O)Cc1ccc(N)cn1. The van der Waals surface area contributed by atoms with E-state index >= 15 is 0 Å². The molecule has 6 nitrogen and oxygen atoms in total. The topological polar surface area (TPSA) is 88.3 Å². The van der Waals surface area contributed by atoms with E-state index in [1.165, 1.54) is 13.2 Å². The molecule has 1 aromatic rings. The number of pyridine rings is 1. The Hall–Kier alpha value is -2.32. The van der Waals surface area contributed by atoms with Gasteiger partial charge in [-0.15, -0.1) is 0 Å². The van der Waals surface area contributed by atoms with Crippen molar-refractivity contribution in [3.8, 4) is 0 Å². The molecule has 0 aliphatic carbocycles. The fourth-order valence-corrected chi connectivity index (χ4v) is 1.39. The molecule has 0 aliphatic rings. The van der Waals surface area contributed by atoms with E-state index in [-0.39, 0.29) is 6.42 Å². The molecule has 0 aliphatic heterocycles. The number of hydrogen-bond donors (Lipinski definition) is 2. The number of likely N-dealkylation sites (N-methyl/N-ethyl adjacent to an activating group) is 1. The first kappa shape index (κ1) is 16.7. The lowest BCUT2D eigenvalue weighted by Crippen LogP contribution is -2.42. The second-order valence-electron chi connectivity index (χ2n) is 4.40. The van der Waals surface area contributed by atoms with Gasteiger partial charge in [0.2, 0.25) is 11.8 Å². The van der Waals surface area contributed by atoms with Gasteiger partial charge in [0.1, 0.15) is 6.54 Å². The molecule has 0 fully saturated rings. The van der Waals surface area contributed by atoms with Gasteiger partial charge >= 0.3 is 6.18 Å². The molecule has 0 saturated carbocycles. The maximum atomic E-state index is 11.9. The summed E-state index contributed by atoms with van der Waals surface area (Å²) in [6.45, 7) is -1.88. The minimum atomic E-state index is -4.48. The highest BCUT2D eigenvalue weighted by Crippen LogP contribution is 2.12. The molecule has 2 amide bonds. The Bertz CT molecular complexity index is 502. The smallest absolute Gasteiger partial charge is 0.397 e. The van der Waals surface area contributed by atoms with Crippen molar-refractivity contribution in [2.75, 3.05) is 25.9 Å². The van der Waals surface area contributed by atoms with Gasteiger partial charge in [0.05, 0.1) is 24.8 Å². The minimum Gasteiger partial charge on any atom is -0.397 e. The molecule has 116 valence electrons. The van der Waals surface area contributed by atoms with Crippen molar-refractivity contribution < 1.29 is 22.8 Å². The normalized spacial score (nSPS) is 11.0. The summed E-state index contributed by atoms with van der Waals surface area (Å²) in [5.74, 6) is -1.32. The number of carbonyl (C=O) groups excluding carboxylic acids is 2. The zero-order chi connectivity index (χ0) is 16.0. The average Bonchev–Trinajstić information content (AvgIpc) is 2.38. The van der Waals surface area contributed by atoms with Crippen molar-refractivity contribution in [1.82, 2.24) is 15.2 Å². The third-order valence-corrected chi connectivity index (χ3v) is 2.47. The average molecular weight is 304 g/mol. The number of amides is 2. The van der Waals surface area contributed by atoms with E-state index in [2.05, 4.69) is 4.98 Å². The molecule has 21 heavy (non-hydrogen) atoms. The summed E-state index contributed by atoms with van der Waals surface area (Å²) in [4.78, 5) is 28.0. The number of halogens is 3. The largest absolute Gasteiger partial charge is 0.405 e. The van der Waals surface area contributed by atoms with Gasteiger partial charge in [0.25, 0.3) is 0 Å². The minimum absolute atomic E-state index is 0.0661. The monoisotopic (exact) mass is 304 g/mol. The van der Waals surface area contributed by atoms with Gasteiger partial charge in [0.15, 0.2) is 0 Å². The first-order valence-electron chi connectivity index (χ1n) is 5.95. The van der Waals surface area contributed by atoms with Crippen LogP contribution in [0.2, 0.25) is 0 Å². The molecule has 1 rings (SSSR count). The van der Waals surface area contributed by atoms with Crippen LogP contribution in [0.4, 0.5) is 18.9 Å². The van der Waals surface area contributed by atoms with Gasteiger partial charge in [-0.2, -0.15) is 13.2 Å². The van der Waals surface area contributed by atoms with Crippen LogP contribution in [0.25, 0.3) is 0 Å². The molecule has 0 unspecified atom stereocenters. The Labute approximate surface area is 119 Å². The van der Waals surface area contributed by atoms with E-state index < -0.39 is 31.1 Å². The number of nitrogens with zero attached hydrogens (tertiary/aromatic N) is 2. The number of hydrogen-bond acceptors (Lipinski definition) is 4. The number of anilines is 1. The number of nitrogens with two attached hydrogens (primary N) is 1. The molecule has 0 bridgehead atoms. The Morgan fingerprint density at radius 1 is 1.38 bits per heavy atom. The maximum absolute atomic E-state index is 11.9. The number of nitrogen functional groups attached to an aromatic ring is 1. The highest BCUT2D eigenvalue weighted by molar-refractivity contribution is 5.85. The molecule has 0 atom stereocenters. The van der Waals surface area contributed by atoms with Gasteiger partial charge in [-0.1, -0.05) is 0 Å². The molecule has 3 N–H and O–H groups in total. The molecule has 0 aromatic carbocycles. The molecule has 0 radical (unpaired) electrons. The van der Waals surface area contributed by atoms with Crippen LogP contribution in [0, 0.1) is 0 Å². The molecule has 0 spiro atoms. The van der Waals surface area contributed by atoms with Crippen LogP contribution in [-0.4, -0.2) is 48.0 Å². The summed E-state index contributed by atoms with van der Waals surface area (Å²) in [5, 5.41) is 1.69. The third-order valence-electron chi connectivity index (χ3n) is 2.47.